The van der Waals surface area contributed by atoms with Crippen LogP contribution in [0.4, 0.5) is 10.6 Å². The van der Waals surface area contributed by atoms with Crippen molar-refractivity contribution in [2.45, 2.75) is 58.5 Å². The fourth-order valence-electron chi connectivity index (χ4n) is 3.10. The molecule has 0 saturated heterocycles. The predicted octanol–water partition coefficient (Wildman–Crippen LogP) is 2.06. The number of hydrogen-bond donors (Lipinski definition) is 2. The molecule has 1 amide bonds. The van der Waals surface area contributed by atoms with Crippen molar-refractivity contribution in [3.63, 3.8) is 0 Å². The van der Waals surface area contributed by atoms with E-state index >= 15 is 0 Å². The Morgan fingerprint density at radius 2 is 2.06 bits per heavy atom. The number of rotatable bonds is 13. The third-order valence-electron chi connectivity index (χ3n) is 4.83. The normalized spacial score (nSPS) is 14.4. The Morgan fingerprint density at radius 1 is 1.29 bits per heavy atom. The number of methoxy groups -OCH3 is 2. The predicted molar refractivity (Wildman–Crippen MR) is 116 cm³/mol. The topological polar surface area (TPSA) is 136 Å². The van der Waals surface area contributed by atoms with E-state index in [0.29, 0.717) is 49.5 Å². The van der Waals surface area contributed by atoms with Crippen molar-refractivity contribution in [3.05, 3.63) is 12.0 Å². The van der Waals surface area contributed by atoms with Gasteiger partial charge in [0.2, 0.25) is 0 Å². The molecule has 31 heavy (non-hydrogen) atoms. The van der Waals surface area contributed by atoms with E-state index in [1.165, 1.54) is 6.33 Å². The number of nitrogens with one attached hydrogen (secondary N) is 1. The highest BCUT2D eigenvalue weighted by atomic mass is 16.6. The van der Waals surface area contributed by atoms with E-state index < -0.39 is 12.3 Å². The third kappa shape index (κ3) is 6.74. The van der Waals surface area contributed by atoms with E-state index in [9.17, 15) is 4.79 Å². The maximum Gasteiger partial charge on any atom is 0.407 e. The van der Waals surface area contributed by atoms with Crippen LogP contribution in [0.2, 0.25) is 0 Å². The number of carbonyl (C=O) groups is 1. The molecule has 11 nitrogen and oxygen atoms in total. The lowest BCUT2D eigenvalue weighted by molar-refractivity contribution is -0.128. The average molecular weight is 439 g/mol. The highest BCUT2D eigenvalue weighted by Crippen LogP contribution is 2.26. The quantitative estimate of drug-likeness (QED) is 0.450. The fraction of sp³-hybridized carbons (Fsp3) is 0.700. The average Bonchev–Trinajstić information content (AvgIpc) is 3.14. The number of nitrogens with two attached hydrogens (primary N) is 1. The number of anilines is 1. The standard InChI is InChI=1S/C20H34N6O5/c1-6-10-30-20(27)22-9-7-8-15-17-18(21)23-12-24-19(17)26(25-15)14(3)31-16(11-28-4)13(2)29-5/h12-14,16H,6-11H2,1-5H3,(H,22,27)(H2,21,23,24). The molecular weight excluding hydrogens is 404 g/mol. The second-order valence-corrected chi connectivity index (χ2v) is 7.19. The van der Waals surface area contributed by atoms with Gasteiger partial charge in [-0.15, -0.1) is 0 Å². The number of nitrogens with zero attached hydrogens (tertiary/aromatic N) is 4. The van der Waals surface area contributed by atoms with E-state index in [2.05, 4.69) is 15.3 Å². The number of alkyl carbamates (subject to hydrolysis) is 1. The van der Waals surface area contributed by atoms with Crippen molar-refractivity contribution >= 4 is 22.9 Å². The van der Waals surface area contributed by atoms with Crippen molar-refractivity contribution in [2.24, 2.45) is 0 Å². The van der Waals surface area contributed by atoms with Crippen LogP contribution in [0.5, 0.6) is 0 Å². The smallest absolute Gasteiger partial charge is 0.407 e. The second kappa shape index (κ2) is 12.4. The molecule has 0 aliphatic heterocycles. The van der Waals surface area contributed by atoms with E-state index in [1.54, 1.807) is 18.9 Å². The summed E-state index contributed by atoms with van der Waals surface area (Å²) in [4.78, 5) is 20.1. The van der Waals surface area contributed by atoms with Crippen molar-refractivity contribution in [1.82, 2.24) is 25.1 Å². The number of nitrogen functional groups attached to an aromatic ring is 1. The van der Waals surface area contributed by atoms with Gasteiger partial charge in [-0.2, -0.15) is 5.10 Å². The number of aromatic nitrogens is 4. The van der Waals surface area contributed by atoms with Crippen LogP contribution in [-0.2, 0) is 25.4 Å². The number of ether oxygens (including phenoxy) is 4. The van der Waals surface area contributed by atoms with Crippen LogP contribution in [0.25, 0.3) is 11.0 Å². The highest BCUT2D eigenvalue weighted by Gasteiger charge is 2.24. The molecule has 3 N–H and O–H groups in total. The van der Waals surface area contributed by atoms with Gasteiger partial charge in [0.25, 0.3) is 0 Å². The summed E-state index contributed by atoms with van der Waals surface area (Å²) in [6.45, 7) is 6.98. The Hall–Kier alpha value is -2.50. The van der Waals surface area contributed by atoms with E-state index in [4.69, 9.17) is 29.8 Å². The molecule has 0 aliphatic carbocycles. The summed E-state index contributed by atoms with van der Waals surface area (Å²) < 4.78 is 23.5. The molecule has 0 aromatic carbocycles. The lowest BCUT2D eigenvalue weighted by Gasteiger charge is -2.26. The van der Waals surface area contributed by atoms with Gasteiger partial charge in [0.15, 0.2) is 5.65 Å². The maximum absolute atomic E-state index is 11.6. The van der Waals surface area contributed by atoms with Crippen LogP contribution in [0, 0.1) is 0 Å². The summed E-state index contributed by atoms with van der Waals surface area (Å²) in [5.41, 5.74) is 7.46. The van der Waals surface area contributed by atoms with Gasteiger partial charge in [0, 0.05) is 20.8 Å². The fourth-order valence-corrected chi connectivity index (χ4v) is 3.10. The van der Waals surface area contributed by atoms with E-state index in [0.717, 1.165) is 12.1 Å². The summed E-state index contributed by atoms with van der Waals surface area (Å²) in [5.74, 6) is 0.354. The monoisotopic (exact) mass is 438 g/mol. The molecule has 0 spiro atoms. The van der Waals surface area contributed by atoms with Gasteiger partial charge < -0.3 is 30.0 Å². The zero-order valence-electron chi connectivity index (χ0n) is 19.0. The summed E-state index contributed by atoms with van der Waals surface area (Å²) in [6, 6.07) is 0. The van der Waals surface area contributed by atoms with Gasteiger partial charge in [-0.1, -0.05) is 6.92 Å². The second-order valence-electron chi connectivity index (χ2n) is 7.19. The molecule has 0 radical (unpaired) electrons. The summed E-state index contributed by atoms with van der Waals surface area (Å²) in [7, 11) is 3.24. The molecule has 2 aromatic rings. The molecule has 11 heteroatoms. The van der Waals surface area contributed by atoms with Gasteiger partial charge in [-0.3, -0.25) is 0 Å². The van der Waals surface area contributed by atoms with Crippen molar-refractivity contribution < 1.29 is 23.7 Å². The maximum atomic E-state index is 11.6. The molecule has 0 bridgehead atoms. The number of amides is 1. The lowest BCUT2D eigenvalue weighted by atomic mass is 10.2. The number of hydrogen-bond acceptors (Lipinski definition) is 9. The van der Waals surface area contributed by atoms with Crippen LogP contribution < -0.4 is 11.1 Å². The molecule has 3 atom stereocenters. The molecule has 2 aromatic heterocycles. The van der Waals surface area contributed by atoms with Crippen molar-refractivity contribution in [3.8, 4) is 0 Å². The Balaban J connectivity index is 2.14. The minimum absolute atomic E-state index is 0.165. The number of fused-ring (bicyclic) bond motifs is 1. The molecule has 0 fully saturated rings. The zero-order chi connectivity index (χ0) is 22.8. The first-order valence-electron chi connectivity index (χ1n) is 10.5. The molecular formula is C20H34N6O5. The van der Waals surface area contributed by atoms with E-state index in [-0.39, 0.29) is 12.2 Å². The Labute approximate surface area is 182 Å². The SMILES string of the molecule is CCCOC(=O)NCCCc1nn(C(C)OC(COC)C(C)OC)c2ncnc(N)c12. The molecule has 0 saturated carbocycles. The Kier molecular flexibility index (Phi) is 9.89. The largest absolute Gasteiger partial charge is 0.450 e. The molecule has 0 aliphatic rings. The lowest BCUT2D eigenvalue weighted by Crippen LogP contribution is -2.34. The molecule has 2 heterocycles. The van der Waals surface area contributed by atoms with Crippen LogP contribution in [0.3, 0.4) is 0 Å². The zero-order valence-corrected chi connectivity index (χ0v) is 19.0. The van der Waals surface area contributed by atoms with Gasteiger partial charge in [-0.05, 0) is 33.1 Å². The van der Waals surface area contributed by atoms with Crippen molar-refractivity contribution in [2.75, 3.05) is 39.7 Å². The first-order chi connectivity index (χ1) is 14.9. The van der Waals surface area contributed by atoms with Crippen LogP contribution in [-0.4, -0.2) is 72.0 Å². The minimum Gasteiger partial charge on any atom is -0.450 e. The number of aryl methyl sites for hydroxylation is 1. The Bertz CT molecular complexity index is 830. The third-order valence-corrected chi connectivity index (χ3v) is 4.83. The molecule has 3 unspecified atom stereocenters. The van der Waals surface area contributed by atoms with Gasteiger partial charge in [-0.25, -0.2) is 19.4 Å². The van der Waals surface area contributed by atoms with Gasteiger partial charge >= 0.3 is 6.09 Å². The van der Waals surface area contributed by atoms with Crippen LogP contribution in [0.1, 0.15) is 45.5 Å². The van der Waals surface area contributed by atoms with Crippen LogP contribution >= 0.6 is 0 Å². The molecule has 2 rings (SSSR count). The number of carbonyl (C=O) groups excluding carboxylic acids is 1. The van der Waals surface area contributed by atoms with Crippen LogP contribution in [0.15, 0.2) is 6.33 Å². The van der Waals surface area contributed by atoms with Gasteiger partial charge in [0.1, 0.15) is 24.5 Å². The first-order valence-corrected chi connectivity index (χ1v) is 10.5. The molecule has 174 valence electrons. The summed E-state index contributed by atoms with van der Waals surface area (Å²) >= 11 is 0. The van der Waals surface area contributed by atoms with Gasteiger partial charge in [0.05, 0.1) is 30.4 Å². The van der Waals surface area contributed by atoms with E-state index in [1.807, 2.05) is 20.8 Å². The summed E-state index contributed by atoms with van der Waals surface area (Å²) in [6.07, 6.45) is 2.12. The first kappa shape index (κ1) is 24.8. The minimum atomic E-state index is -0.439. The Morgan fingerprint density at radius 3 is 2.74 bits per heavy atom. The summed E-state index contributed by atoms with van der Waals surface area (Å²) in [5, 5.41) is 8.12. The highest BCUT2D eigenvalue weighted by molar-refractivity contribution is 5.88. The van der Waals surface area contributed by atoms with Crippen molar-refractivity contribution in [1.29, 1.82) is 0 Å².